The number of fused-ring (bicyclic) bond motifs is 1. The van der Waals surface area contributed by atoms with E-state index >= 15 is 0 Å². The smallest absolute Gasteiger partial charge is 0.191 e. The van der Waals surface area contributed by atoms with Crippen molar-refractivity contribution < 1.29 is 9.47 Å². The van der Waals surface area contributed by atoms with Gasteiger partial charge >= 0.3 is 0 Å². The number of rotatable bonds is 7. The number of nitrogens with one attached hydrogen (secondary N) is 2. The molecular formula is C23H34N6O2. The van der Waals surface area contributed by atoms with Crippen LogP contribution in [0.1, 0.15) is 55.7 Å². The average molecular weight is 427 g/mol. The molecule has 1 fully saturated rings. The number of aromatic nitrogens is 3. The quantitative estimate of drug-likeness (QED) is 0.523. The Morgan fingerprint density at radius 1 is 1.16 bits per heavy atom. The largest absolute Gasteiger partial charge is 0.490 e. The molecule has 2 N–H and O–H groups in total. The molecule has 8 heteroatoms. The van der Waals surface area contributed by atoms with Crippen molar-refractivity contribution in [3.05, 3.63) is 41.5 Å². The van der Waals surface area contributed by atoms with Crippen molar-refractivity contribution in [3.63, 3.8) is 0 Å². The molecule has 8 nitrogen and oxygen atoms in total. The van der Waals surface area contributed by atoms with Gasteiger partial charge < -0.3 is 20.1 Å². The fourth-order valence-electron chi connectivity index (χ4n) is 4.30. The van der Waals surface area contributed by atoms with Crippen LogP contribution in [0.3, 0.4) is 0 Å². The third-order valence-electron chi connectivity index (χ3n) is 5.98. The Kier molecular flexibility index (Phi) is 7.40. The Labute approximate surface area is 184 Å². The average Bonchev–Trinajstić information content (AvgIpc) is 3.20. The molecule has 1 aromatic heterocycles. The highest BCUT2D eigenvalue weighted by atomic mass is 16.5. The number of ether oxygens (including phenoxy) is 2. The number of aliphatic imine (C=N–C) groups is 1. The zero-order chi connectivity index (χ0) is 21.5. The van der Waals surface area contributed by atoms with E-state index in [-0.39, 0.29) is 6.04 Å². The van der Waals surface area contributed by atoms with E-state index in [9.17, 15) is 0 Å². The van der Waals surface area contributed by atoms with E-state index in [1.807, 2.05) is 4.68 Å². The van der Waals surface area contributed by atoms with Gasteiger partial charge in [0.2, 0.25) is 0 Å². The predicted octanol–water partition coefficient (Wildman–Crippen LogP) is 2.82. The van der Waals surface area contributed by atoms with Gasteiger partial charge in [-0.1, -0.05) is 18.6 Å². The maximum Gasteiger partial charge on any atom is 0.191 e. The number of hydrogen-bond donors (Lipinski definition) is 2. The van der Waals surface area contributed by atoms with Gasteiger partial charge in [-0.25, -0.2) is 9.67 Å². The zero-order valence-corrected chi connectivity index (χ0v) is 18.6. The molecule has 1 aliphatic heterocycles. The highest BCUT2D eigenvalue weighted by Crippen LogP contribution is 2.23. The SMILES string of the molecule is CN=C(NCc1ccc(OC2CCCCC2)cc1)NC1CCc2nc(COC)nn2C1. The lowest BCUT2D eigenvalue weighted by Gasteiger charge is -2.25. The highest BCUT2D eigenvalue weighted by Gasteiger charge is 2.22. The summed E-state index contributed by atoms with van der Waals surface area (Å²) in [5.41, 5.74) is 1.20. The van der Waals surface area contributed by atoms with E-state index in [2.05, 4.69) is 50.0 Å². The van der Waals surface area contributed by atoms with E-state index in [4.69, 9.17) is 9.47 Å². The van der Waals surface area contributed by atoms with E-state index < -0.39 is 0 Å². The Morgan fingerprint density at radius 2 is 1.97 bits per heavy atom. The fourth-order valence-corrected chi connectivity index (χ4v) is 4.30. The first kappa shape index (κ1) is 21.6. The van der Waals surface area contributed by atoms with Crippen molar-refractivity contribution in [2.75, 3.05) is 14.2 Å². The Morgan fingerprint density at radius 3 is 2.71 bits per heavy atom. The molecule has 1 saturated carbocycles. The molecule has 1 aliphatic carbocycles. The van der Waals surface area contributed by atoms with Gasteiger partial charge in [-0.05, 0) is 49.8 Å². The second-order valence-corrected chi connectivity index (χ2v) is 8.39. The summed E-state index contributed by atoms with van der Waals surface area (Å²) in [6, 6.07) is 8.66. The van der Waals surface area contributed by atoms with Crippen LogP contribution in [0.4, 0.5) is 0 Å². The van der Waals surface area contributed by atoms with Gasteiger partial charge in [-0.15, -0.1) is 0 Å². The zero-order valence-electron chi connectivity index (χ0n) is 18.6. The van der Waals surface area contributed by atoms with Gasteiger partial charge in [0.25, 0.3) is 0 Å². The third-order valence-corrected chi connectivity index (χ3v) is 5.98. The molecule has 2 aromatic rings. The van der Waals surface area contributed by atoms with Crippen LogP contribution >= 0.6 is 0 Å². The van der Waals surface area contributed by atoms with E-state index in [1.165, 1.54) is 37.7 Å². The molecule has 168 valence electrons. The lowest BCUT2D eigenvalue weighted by atomic mass is 9.98. The van der Waals surface area contributed by atoms with Crippen LogP contribution in [-0.2, 0) is 30.9 Å². The summed E-state index contributed by atoms with van der Waals surface area (Å²) in [5.74, 6) is 3.55. The number of methoxy groups -OCH3 is 1. The number of nitrogens with zero attached hydrogens (tertiary/aromatic N) is 4. The second kappa shape index (κ2) is 10.6. The van der Waals surface area contributed by atoms with Crippen molar-refractivity contribution in [2.24, 2.45) is 4.99 Å². The van der Waals surface area contributed by atoms with Crippen LogP contribution in [0.5, 0.6) is 5.75 Å². The summed E-state index contributed by atoms with van der Waals surface area (Å²) in [5, 5.41) is 11.5. The maximum absolute atomic E-state index is 6.13. The summed E-state index contributed by atoms with van der Waals surface area (Å²) in [6.45, 7) is 1.94. The van der Waals surface area contributed by atoms with Gasteiger partial charge in [-0.3, -0.25) is 4.99 Å². The summed E-state index contributed by atoms with van der Waals surface area (Å²) in [4.78, 5) is 8.92. The summed E-state index contributed by atoms with van der Waals surface area (Å²) < 4.78 is 13.2. The Bertz CT molecular complexity index is 857. The predicted molar refractivity (Wildman–Crippen MR) is 120 cm³/mol. The lowest BCUT2D eigenvalue weighted by molar-refractivity contribution is 0.155. The molecule has 0 amide bonds. The normalized spacial score (nSPS) is 19.7. The molecule has 0 radical (unpaired) electrons. The van der Waals surface area contributed by atoms with Crippen LogP contribution in [0.25, 0.3) is 0 Å². The minimum Gasteiger partial charge on any atom is -0.490 e. The van der Waals surface area contributed by atoms with Gasteiger partial charge in [0.05, 0.1) is 12.6 Å². The van der Waals surface area contributed by atoms with Crippen molar-refractivity contribution in [2.45, 2.75) is 76.8 Å². The van der Waals surface area contributed by atoms with Crippen LogP contribution in [0.2, 0.25) is 0 Å². The van der Waals surface area contributed by atoms with Crippen molar-refractivity contribution in [1.29, 1.82) is 0 Å². The second-order valence-electron chi connectivity index (χ2n) is 8.39. The van der Waals surface area contributed by atoms with E-state index in [0.29, 0.717) is 19.3 Å². The molecule has 31 heavy (non-hydrogen) atoms. The molecule has 4 rings (SSSR count). The molecule has 1 aromatic carbocycles. The standard InChI is InChI=1S/C23H34N6O2/c1-24-23(26-18-10-13-22-27-21(16-30-2)28-29(22)15-18)25-14-17-8-11-20(12-9-17)31-19-6-4-3-5-7-19/h8-9,11-12,18-19H,3-7,10,13-16H2,1-2H3,(H2,24,25,26). The van der Waals surface area contributed by atoms with Crippen molar-refractivity contribution in [1.82, 2.24) is 25.4 Å². The van der Waals surface area contributed by atoms with Gasteiger partial charge in [0, 0.05) is 33.2 Å². The fraction of sp³-hybridized carbons (Fsp3) is 0.609. The molecule has 0 bridgehead atoms. The third kappa shape index (κ3) is 5.97. The molecule has 1 atom stereocenters. The van der Waals surface area contributed by atoms with Crippen LogP contribution in [-0.4, -0.2) is 47.0 Å². The summed E-state index contributed by atoms with van der Waals surface area (Å²) >= 11 is 0. The highest BCUT2D eigenvalue weighted by molar-refractivity contribution is 5.79. The first-order valence-corrected chi connectivity index (χ1v) is 11.4. The summed E-state index contributed by atoms with van der Waals surface area (Å²) in [6.07, 6.45) is 8.54. The molecule has 0 spiro atoms. The molecular weight excluding hydrogens is 392 g/mol. The first-order chi connectivity index (χ1) is 15.2. The van der Waals surface area contributed by atoms with E-state index in [0.717, 1.165) is 42.7 Å². The monoisotopic (exact) mass is 426 g/mol. The molecule has 2 aliphatic rings. The van der Waals surface area contributed by atoms with Crippen LogP contribution < -0.4 is 15.4 Å². The maximum atomic E-state index is 6.13. The summed E-state index contributed by atoms with van der Waals surface area (Å²) in [7, 11) is 3.47. The Hall–Kier alpha value is -2.61. The molecule has 2 heterocycles. The van der Waals surface area contributed by atoms with E-state index in [1.54, 1.807) is 14.2 Å². The van der Waals surface area contributed by atoms with Gasteiger partial charge in [0.15, 0.2) is 11.8 Å². The van der Waals surface area contributed by atoms with Gasteiger partial charge in [0.1, 0.15) is 18.2 Å². The van der Waals surface area contributed by atoms with Crippen molar-refractivity contribution in [3.8, 4) is 5.75 Å². The topological polar surface area (TPSA) is 85.6 Å². The minimum absolute atomic E-state index is 0.266. The minimum atomic E-state index is 0.266. The van der Waals surface area contributed by atoms with Gasteiger partial charge in [-0.2, -0.15) is 5.10 Å². The number of benzene rings is 1. The van der Waals surface area contributed by atoms with Crippen molar-refractivity contribution >= 4 is 5.96 Å². The van der Waals surface area contributed by atoms with Crippen LogP contribution in [0, 0.1) is 0 Å². The number of guanidine groups is 1. The molecule has 0 saturated heterocycles. The first-order valence-electron chi connectivity index (χ1n) is 11.4. The number of hydrogen-bond acceptors (Lipinski definition) is 5. The lowest BCUT2D eigenvalue weighted by Crippen LogP contribution is -2.46. The molecule has 1 unspecified atom stereocenters. The van der Waals surface area contributed by atoms with Crippen LogP contribution in [0.15, 0.2) is 29.3 Å². The number of aryl methyl sites for hydroxylation is 1. The Balaban J connectivity index is 1.25.